The second kappa shape index (κ2) is 43.7. The third-order valence-electron chi connectivity index (χ3n) is 14.6. The summed E-state index contributed by atoms with van der Waals surface area (Å²) in [6.07, 6.45) is 4.82. The third-order valence-corrected chi connectivity index (χ3v) is 14.6. The lowest BCUT2D eigenvalue weighted by Gasteiger charge is -2.29. The van der Waals surface area contributed by atoms with E-state index in [1.54, 1.807) is 20.8 Å². The van der Waals surface area contributed by atoms with Crippen LogP contribution in [0.3, 0.4) is 0 Å². The molecule has 0 fully saturated rings. The Labute approximate surface area is 529 Å². The van der Waals surface area contributed by atoms with Crippen LogP contribution >= 0.6 is 0 Å². The zero-order chi connectivity index (χ0) is 65.5. The number of benzene rings is 2. The molecular formula is C63H101N13O14. The normalized spacial score (nSPS) is 13.2. The number of aryl methyl sites for hydroxylation is 1. The first kappa shape index (κ1) is 75.5. The third kappa shape index (κ3) is 28.5. The minimum Gasteiger partial charge on any atom is -0.379 e. The Morgan fingerprint density at radius 2 is 1.17 bits per heavy atom. The molecule has 0 saturated heterocycles. The number of amides is 8. The Morgan fingerprint density at radius 1 is 0.589 bits per heavy atom. The van der Waals surface area contributed by atoms with Crippen molar-refractivity contribution < 1.29 is 66.8 Å². The molecule has 8 amide bonds. The molecule has 1 aliphatic heterocycles. The van der Waals surface area contributed by atoms with Crippen molar-refractivity contribution in [1.82, 2.24) is 46.9 Å². The van der Waals surface area contributed by atoms with Crippen LogP contribution in [0.1, 0.15) is 117 Å². The smallest absolute Gasteiger partial charge is 0.312 e. The molecular weight excluding hydrogens is 1160 g/mol. The maximum Gasteiger partial charge on any atom is 0.312 e. The second-order valence-electron chi connectivity index (χ2n) is 22.6. The fourth-order valence-electron chi connectivity index (χ4n) is 9.71. The van der Waals surface area contributed by atoms with Crippen molar-refractivity contribution in [1.29, 1.82) is 0 Å². The molecule has 12 N–H and O–H groups in total. The zero-order valence-electron chi connectivity index (χ0n) is 53.5. The summed E-state index contributed by atoms with van der Waals surface area (Å²) in [4.78, 5) is 104. The molecule has 3 aromatic rings. The largest absolute Gasteiger partial charge is 0.379 e. The average molecular weight is 1260 g/mol. The predicted octanol–water partition coefficient (Wildman–Crippen LogP) is 2.78. The van der Waals surface area contributed by atoms with E-state index in [0.717, 1.165) is 33.8 Å². The van der Waals surface area contributed by atoms with Gasteiger partial charge in [0, 0.05) is 63.0 Å². The van der Waals surface area contributed by atoms with Gasteiger partial charge in [0.1, 0.15) is 17.8 Å². The van der Waals surface area contributed by atoms with Crippen LogP contribution in [0.15, 0.2) is 48.5 Å². The Kier molecular flexibility index (Phi) is 36.6. The molecule has 1 aliphatic rings. The van der Waals surface area contributed by atoms with Gasteiger partial charge in [0.2, 0.25) is 35.4 Å². The van der Waals surface area contributed by atoms with Crippen molar-refractivity contribution in [2.75, 3.05) is 110 Å². The number of primary amides is 1. The number of nitrogens with two attached hydrogens (primary N) is 3. The number of ketones is 1. The maximum atomic E-state index is 13.6. The van der Waals surface area contributed by atoms with Crippen LogP contribution < -0.4 is 54.0 Å². The molecule has 4 atom stereocenters. The summed E-state index contributed by atoms with van der Waals surface area (Å²) < 4.78 is 35.2. The molecule has 1 aromatic heterocycles. The average Bonchev–Trinajstić information content (AvgIpc) is 1.67. The molecule has 0 radical (unpaired) electrons. The Bertz CT molecular complexity index is 2660. The van der Waals surface area contributed by atoms with Crippen LogP contribution in [0.2, 0.25) is 0 Å². The number of hydrogen-bond acceptors (Lipinski definition) is 18. The fraction of sp³-hybridized carbons (Fsp3) is 0.651. The number of unbranched alkanes of at least 4 members (excludes halogenated alkanes) is 2. The van der Waals surface area contributed by atoms with Gasteiger partial charge in [0.15, 0.2) is 5.78 Å². The quantitative estimate of drug-likeness (QED) is 0.0367. The molecule has 0 bridgehead atoms. The lowest BCUT2D eigenvalue weighted by molar-refractivity contribution is -0.134. The zero-order valence-corrected chi connectivity index (χ0v) is 53.5. The van der Waals surface area contributed by atoms with Gasteiger partial charge in [-0.2, -0.15) is 0 Å². The molecule has 0 saturated carbocycles. The fourth-order valence-corrected chi connectivity index (χ4v) is 9.71. The number of fused-ring (bicyclic) bond motifs is 5. The molecule has 27 nitrogen and oxygen atoms in total. The molecule has 4 rings (SSSR count). The van der Waals surface area contributed by atoms with Crippen molar-refractivity contribution in [3.05, 3.63) is 54.1 Å². The summed E-state index contributed by atoms with van der Waals surface area (Å²) in [5.41, 5.74) is 22.4. The number of carbonyl (C=O) groups excluding carboxylic acids is 8. The highest BCUT2D eigenvalue weighted by molar-refractivity contribution is 6.00. The predicted molar refractivity (Wildman–Crippen MR) is 339 cm³/mol. The number of rotatable bonds is 48. The molecule has 0 aliphatic carbocycles. The Morgan fingerprint density at radius 3 is 1.79 bits per heavy atom. The van der Waals surface area contributed by atoms with Crippen molar-refractivity contribution in [2.24, 2.45) is 29.0 Å². The molecule has 2 heterocycles. The van der Waals surface area contributed by atoms with Crippen LogP contribution in [0, 0.1) is 11.8 Å². The number of ether oxygens (including phenoxy) is 6. The van der Waals surface area contributed by atoms with Crippen molar-refractivity contribution in [3.63, 3.8) is 0 Å². The van der Waals surface area contributed by atoms with Gasteiger partial charge in [-0.3, -0.25) is 33.6 Å². The van der Waals surface area contributed by atoms with Gasteiger partial charge in [-0.15, -0.1) is 5.10 Å². The highest BCUT2D eigenvalue weighted by Crippen LogP contribution is 2.41. The SMILES string of the molecule is CCC(=O)C(CCCNC(N)=O)NC(=O)C(NC(=O)C(CCCCN)NC(=O)CCOCCOCCOCCNC(=O)CCOCCOCCOCCNC(=O)C(N)CCCCn1nnc2c1-c1ccccc1N(C(=O)CC(C)C)Cc1ccccc1-2)C(C)C. The van der Waals surface area contributed by atoms with Gasteiger partial charge < -0.3 is 82.4 Å². The van der Waals surface area contributed by atoms with E-state index in [1.807, 2.05) is 72.0 Å². The van der Waals surface area contributed by atoms with E-state index in [0.29, 0.717) is 137 Å². The van der Waals surface area contributed by atoms with E-state index in [-0.39, 0.29) is 94.0 Å². The molecule has 502 valence electrons. The highest BCUT2D eigenvalue weighted by atomic mass is 16.5. The first-order valence-corrected chi connectivity index (χ1v) is 31.8. The molecule has 0 spiro atoms. The molecule has 4 unspecified atom stereocenters. The second-order valence-corrected chi connectivity index (χ2v) is 22.6. The number of nitrogens with one attached hydrogen (secondary N) is 6. The number of hydrogen-bond donors (Lipinski definition) is 9. The van der Waals surface area contributed by atoms with Crippen LogP contribution in [0.25, 0.3) is 22.5 Å². The first-order chi connectivity index (χ1) is 43.4. The summed E-state index contributed by atoms with van der Waals surface area (Å²) in [6.45, 7) is 14.8. The summed E-state index contributed by atoms with van der Waals surface area (Å²) in [6, 6.07) is 11.8. The lowest BCUT2D eigenvalue weighted by Crippen LogP contribution is -2.57. The number of Topliss-reactive ketones (excluding diaryl/α,β-unsaturated/α-hetero) is 1. The van der Waals surface area contributed by atoms with Gasteiger partial charge in [-0.1, -0.05) is 82.3 Å². The summed E-state index contributed by atoms with van der Waals surface area (Å²) in [5, 5.41) is 25.6. The van der Waals surface area contributed by atoms with Crippen LogP contribution in [-0.4, -0.2) is 192 Å². The minimum absolute atomic E-state index is 0.0188. The van der Waals surface area contributed by atoms with Crippen molar-refractivity contribution in [3.8, 4) is 22.5 Å². The van der Waals surface area contributed by atoms with E-state index in [2.05, 4.69) is 42.2 Å². The molecule has 27 heteroatoms. The van der Waals surface area contributed by atoms with Crippen LogP contribution in [0.5, 0.6) is 0 Å². The van der Waals surface area contributed by atoms with Gasteiger partial charge in [0.25, 0.3) is 0 Å². The first-order valence-electron chi connectivity index (χ1n) is 31.8. The van der Waals surface area contributed by atoms with Gasteiger partial charge in [-0.25, -0.2) is 9.48 Å². The van der Waals surface area contributed by atoms with Crippen LogP contribution in [0.4, 0.5) is 10.5 Å². The van der Waals surface area contributed by atoms with Crippen molar-refractivity contribution in [2.45, 2.75) is 149 Å². The molecule has 90 heavy (non-hydrogen) atoms. The van der Waals surface area contributed by atoms with Gasteiger partial charge in [0.05, 0.1) is 109 Å². The Hall–Kier alpha value is -6.98. The summed E-state index contributed by atoms with van der Waals surface area (Å²) >= 11 is 0. The van der Waals surface area contributed by atoms with Gasteiger partial charge in [-0.05, 0) is 81.4 Å². The van der Waals surface area contributed by atoms with Crippen molar-refractivity contribution >= 4 is 52.9 Å². The van der Waals surface area contributed by atoms with Gasteiger partial charge >= 0.3 is 6.03 Å². The van der Waals surface area contributed by atoms with E-state index in [4.69, 9.17) is 45.6 Å². The minimum atomic E-state index is -0.987. The monoisotopic (exact) mass is 1260 g/mol. The van der Waals surface area contributed by atoms with E-state index in [1.165, 1.54) is 0 Å². The van der Waals surface area contributed by atoms with E-state index >= 15 is 0 Å². The summed E-state index contributed by atoms with van der Waals surface area (Å²) in [7, 11) is 0. The number of para-hydroxylation sites is 1. The standard InChI is InChI=1S/C63H101N13O14/c1-6-53(77)50(21-15-26-69-63(66)84)71-62(83)57(45(4)5)72-61(82)51(20-11-13-25-64)70-55(79)24-31-86-35-39-90-40-36-87-32-27-67-54(78)23-30-85-34-38-89-41-37-88-33-28-68-60(81)49(65)19-12-14-29-76-59-48-18-9-10-22-52(48)75(56(80)42-44(2)3)43-46-16-7-8-17-47(46)58(59)73-74-76/h7-10,16-18,22,44-45,49-51,57H,6,11-15,19-21,23-43,64-65H2,1-5H3,(H,67,78)(H,68,81)(H,70,79)(H,71,83)(H,72,82)(H3,66,69,84). The maximum absolute atomic E-state index is 13.6. The number of carbonyl (C=O) groups is 8. The molecule has 2 aromatic carbocycles. The Balaban J connectivity index is 0.959. The van der Waals surface area contributed by atoms with Crippen LogP contribution in [-0.2, 0) is 75.1 Å². The number of anilines is 1. The lowest BCUT2D eigenvalue weighted by atomic mass is 9.95. The topological polar surface area (TPSA) is 376 Å². The van der Waals surface area contributed by atoms with E-state index < -0.39 is 47.9 Å². The summed E-state index contributed by atoms with van der Waals surface area (Å²) in [5.74, 6) is -2.17. The highest BCUT2D eigenvalue weighted by Gasteiger charge is 2.32. The number of aromatic nitrogens is 3. The van der Waals surface area contributed by atoms with E-state index in [9.17, 15) is 38.4 Å². The number of urea groups is 1. The number of nitrogens with zero attached hydrogens (tertiary/aromatic N) is 4.